The summed E-state index contributed by atoms with van der Waals surface area (Å²) in [5.74, 6) is -1.95. The van der Waals surface area contributed by atoms with Crippen molar-refractivity contribution >= 4 is 30.1 Å². The van der Waals surface area contributed by atoms with Gasteiger partial charge in [-0.25, -0.2) is 9.18 Å². The fraction of sp³-hybridized carbons (Fsp3) is 0.474. The molecule has 8 nitrogen and oxygen atoms in total. The number of pyridine rings is 1. The molecule has 1 aliphatic carbocycles. The second-order valence-electron chi connectivity index (χ2n) is 7.53. The van der Waals surface area contributed by atoms with Crippen molar-refractivity contribution in [2.45, 2.75) is 25.8 Å². The fourth-order valence-electron chi connectivity index (χ4n) is 3.85. The number of rotatable bonds is 5. The van der Waals surface area contributed by atoms with Gasteiger partial charge in [-0.05, 0) is 31.1 Å². The molecule has 1 aromatic carbocycles. The molecule has 2 aliphatic rings. The second kappa shape index (κ2) is 7.23. The second-order valence-corrected chi connectivity index (χ2v) is 10.0. The zero-order valence-electron chi connectivity index (χ0n) is 16.0. The molecule has 0 amide bonds. The lowest BCUT2D eigenvalue weighted by Crippen LogP contribution is -2.46. The van der Waals surface area contributed by atoms with Crippen molar-refractivity contribution in [3.8, 4) is 0 Å². The van der Waals surface area contributed by atoms with E-state index in [-0.39, 0.29) is 36.2 Å². The number of fused-ring (bicyclic) bond motifs is 1. The van der Waals surface area contributed by atoms with Crippen LogP contribution >= 0.6 is 7.52 Å². The Morgan fingerprint density at radius 2 is 1.93 bits per heavy atom. The fourth-order valence-corrected chi connectivity index (χ4v) is 5.04. The third-order valence-corrected chi connectivity index (χ3v) is 7.76. The van der Waals surface area contributed by atoms with E-state index in [1.807, 2.05) is 0 Å². The maximum atomic E-state index is 14.9. The third-order valence-electron chi connectivity index (χ3n) is 5.70. The summed E-state index contributed by atoms with van der Waals surface area (Å²) in [6, 6.07) is 2.79. The van der Waals surface area contributed by atoms with E-state index in [1.54, 1.807) is 22.5 Å². The van der Waals surface area contributed by atoms with Crippen LogP contribution in [0.15, 0.2) is 23.1 Å². The van der Waals surface area contributed by atoms with Crippen molar-refractivity contribution in [1.29, 1.82) is 0 Å². The van der Waals surface area contributed by atoms with Crippen LogP contribution in [0.3, 0.4) is 0 Å². The van der Waals surface area contributed by atoms with E-state index in [4.69, 9.17) is 0 Å². The number of carboxylic acid groups (broad SMARTS) is 1. The SMILES string of the molecule is CCP(=O)([O-])N1CCN(c2cc3c(cc2F)c(=O)c(C(=O)O)cn3C2CC2)CC1. The lowest BCUT2D eigenvalue weighted by molar-refractivity contribution is -0.187. The molecule has 1 aliphatic heterocycles. The van der Waals surface area contributed by atoms with Gasteiger partial charge in [0.1, 0.15) is 11.4 Å². The Morgan fingerprint density at radius 1 is 1.28 bits per heavy atom. The Morgan fingerprint density at radius 3 is 2.48 bits per heavy atom. The number of hydrogen-bond donors (Lipinski definition) is 1. The van der Waals surface area contributed by atoms with Gasteiger partial charge >= 0.3 is 5.97 Å². The molecule has 0 spiro atoms. The first-order valence-electron chi connectivity index (χ1n) is 9.65. The summed E-state index contributed by atoms with van der Waals surface area (Å²) >= 11 is 0. The van der Waals surface area contributed by atoms with E-state index in [9.17, 15) is 28.5 Å². The minimum Gasteiger partial charge on any atom is -0.788 e. The molecule has 1 unspecified atom stereocenters. The number of benzene rings is 1. The van der Waals surface area contributed by atoms with Gasteiger partial charge in [0.25, 0.3) is 0 Å². The molecule has 2 aromatic rings. The van der Waals surface area contributed by atoms with Crippen molar-refractivity contribution in [2.24, 2.45) is 0 Å². The van der Waals surface area contributed by atoms with Crippen LogP contribution < -0.4 is 15.2 Å². The highest BCUT2D eigenvalue weighted by Gasteiger charge is 2.29. The van der Waals surface area contributed by atoms with Gasteiger partial charge < -0.3 is 24.0 Å². The van der Waals surface area contributed by atoms with Gasteiger partial charge in [0.2, 0.25) is 5.43 Å². The van der Waals surface area contributed by atoms with Gasteiger partial charge in [0.05, 0.1) is 18.7 Å². The first kappa shape index (κ1) is 20.1. The van der Waals surface area contributed by atoms with Gasteiger partial charge in [-0.1, -0.05) is 6.92 Å². The molecule has 1 saturated heterocycles. The van der Waals surface area contributed by atoms with Gasteiger partial charge in [-0.2, -0.15) is 0 Å². The molecule has 2 fully saturated rings. The normalized spacial score (nSPS) is 20.0. The van der Waals surface area contributed by atoms with E-state index in [0.29, 0.717) is 24.3 Å². The van der Waals surface area contributed by atoms with Crippen molar-refractivity contribution in [1.82, 2.24) is 9.24 Å². The Bertz CT molecular complexity index is 1090. The van der Waals surface area contributed by atoms with E-state index >= 15 is 0 Å². The van der Waals surface area contributed by atoms with Crippen LogP contribution in [0.25, 0.3) is 10.9 Å². The largest absolute Gasteiger partial charge is 0.788 e. The maximum absolute atomic E-state index is 14.9. The zero-order chi connectivity index (χ0) is 20.9. The molecule has 10 heteroatoms. The molecular formula is C19H22FN3O5P-. The van der Waals surface area contributed by atoms with E-state index in [0.717, 1.165) is 18.9 Å². The number of hydrogen-bond acceptors (Lipinski definition) is 5. The van der Waals surface area contributed by atoms with Crippen LogP contribution in [0.1, 0.15) is 36.2 Å². The van der Waals surface area contributed by atoms with Crippen molar-refractivity contribution in [3.05, 3.63) is 39.9 Å². The number of halogens is 1. The summed E-state index contributed by atoms with van der Waals surface area (Å²) in [5.41, 5.74) is -0.263. The summed E-state index contributed by atoms with van der Waals surface area (Å²) in [5, 5.41) is 9.37. The molecule has 29 heavy (non-hydrogen) atoms. The molecule has 0 bridgehead atoms. The number of aromatic carboxylic acids is 1. The van der Waals surface area contributed by atoms with E-state index < -0.39 is 24.7 Å². The van der Waals surface area contributed by atoms with Gasteiger partial charge in [0, 0.05) is 43.8 Å². The molecular weight excluding hydrogens is 400 g/mol. The van der Waals surface area contributed by atoms with Gasteiger partial charge in [0.15, 0.2) is 0 Å². The number of carboxylic acids is 1. The van der Waals surface area contributed by atoms with Crippen LogP contribution in [0.2, 0.25) is 0 Å². The van der Waals surface area contributed by atoms with Crippen LogP contribution in [0.5, 0.6) is 0 Å². The molecule has 1 atom stereocenters. The number of piperazine rings is 1. The Hall–Kier alpha value is -2.22. The van der Waals surface area contributed by atoms with Crippen LogP contribution in [-0.4, -0.2) is 52.7 Å². The van der Waals surface area contributed by atoms with Gasteiger partial charge in [-0.3, -0.25) is 9.46 Å². The number of anilines is 1. The van der Waals surface area contributed by atoms with Crippen LogP contribution in [0.4, 0.5) is 10.1 Å². The average Bonchev–Trinajstić information content (AvgIpc) is 3.53. The van der Waals surface area contributed by atoms with Crippen molar-refractivity contribution in [2.75, 3.05) is 37.2 Å². The summed E-state index contributed by atoms with van der Waals surface area (Å²) < 4.78 is 30.1. The smallest absolute Gasteiger partial charge is 0.341 e. The average molecular weight is 422 g/mol. The molecule has 1 N–H and O–H groups in total. The summed E-state index contributed by atoms with van der Waals surface area (Å²) in [6.45, 7) is 2.84. The minimum atomic E-state index is -3.59. The Kier molecular flexibility index (Phi) is 5.01. The predicted octanol–water partition coefficient (Wildman–Crippen LogP) is 1.87. The maximum Gasteiger partial charge on any atom is 0.341 e. The van der Waals surface area contributed by atoms with Crippen LogP contribution in [-0.2, 0) is 4.57 Å². The highest BCUT2D eigenvalue weighted by Crippen LogP contribution is 2.41. The number of aromatic nitrogens is 1. The lowest BCUT2D eigenvalue weighted by Gasteiger charge is -2.42. The predicted molar refractivity (Wildman–Crippen MR) is 105 cm³/mol. The highest BCUT2D eigenvalue weighted by molar-refractivity contribution is 7.53. The Balaban J connectivity index is 1.74. The third kappa shape index (κ3) is 3.58. The van der Waals surface area contributed by atoms with Gasteiger partial charge in [-0.15, -0.1) is 0 Å². The molecule has 0 radical (unpaired) electrons. The van der Waals surface area contributed by atoms with Crippen molar-refractivity contribution < 1.29 is 23.7 Å². The lowest BCUT2D eigenvalue weighted by atomic mass is 10.1. The Labute approximate surface area is 166 Å². The summed E-state index contributed by atoms with van der Waals surface area (Å²) in [7, 11) is -3.59. The summed E-state index contributed by atoms with van der Waals surface area (Å²) in [6.07, 6.45) is 3.15. The standard InChI is InChI=1S/C19H23FN3O5P/c1-2-29(27,28)22-7-5-21(6-8-22)17-10-16-13(9-15(17)20)18(24)14(19(25)26)11-23(16)12-3-4-12/h9-12H,2-8H2,1H3,(H,25,26)(H,27,28)/p-1. The topological polar surface area (TPSA) is 106 Å². The minimum absolute atomic E-state index is 0.0479. The zero-order valence-corrected chi connectivity index (χ0v) is 16.9. The molecule has 156 valence electrons. The molecule has 1 saturated carbocycles. The first-order valence-corrected chi connectivity index (χ1v) is 11.4. The molecule has 1 aromatic heterocycles. The molecule has 2 heterocycles. The summed E-state index contributed by atoms with van der Waals surface area (Å²) in [4.78, 5) is 37.8. The first-order chi connectivity index (χ1) is 13.7. The van der Waals surface area contributed by atoms with E-state index in [1.165, 1.54) is 10.9 Å². The number of carbonyl (C=O) groups is 1. The van der Waals surface area contributed by atoms with Crippen LogP contribution in [0, 0.1) is 5.82 Å². The quantitative estimate of drug-likeness (QED) is 0.734. The highest BCUT2D eigenvalue weighted by atomic mass is 31.2. The van der Waals surface area contributed by atoms with Crippen molar-refractivity contribution in [3.63, 3.8) is 0 Å². The molecule has 4 rings (SSSR count). The number of nitrogens with zero attached hydrogens (tertiary/aromatic N) is 3. The van der Waals surface area contributed by atoms with E-state index in [2.05, 4.69) is 0 Å². The monoisotopic (exact) mass is 422 g/mol.